The predicted molar refractivity (Wildman–Crippen MR) is 116 cm³/mol. The Labute approximate surface area is 169 Å². The monoisotopic (exact) mass is 412 g/mol. The maximum atomic E-state index is 11.8. The molecule has 0 aliphatic heterocycles. The van der Waals surface area contributed by atoms with Crippen molar-refractivity contribution >= 4 is 62.0 Å². The van der Waals surface area contributed by atoms with E-state index in [1.54, 1.807) is 0 Å². The van der Waals surface area contributed by atoms with Gasteiger partial charge >= 0.3 is 5.97 Å². The van der Waals surface area contributed by atoms with Crippen LogP contribution in [0.15, 0.2) is 18.2 Å². The van der Waals surface area contributed by atoms with Crippen LogP contribution in [0.2, 0.25) is 5.02 Å². The highest BCUT2D eigenvalue weighted by molar-refractivity contribution is 7.80. The zero-order valence-electron chi connectivity index (χ0n) is 15.8. The van der Waals surface area contributed by atoms with Crippen molar-refractivity contribution in [2.24, 2.45) is 11.8 Å². The Morgan fingerprint density at radius 2 is 1.88 bits per heavy atom. The van der Waals surface area contributed by atoms with Crippen LogP contribution < -0.4 is 5.32 Å². The normalized spacial score (nSPS) is 11.2. The highest BCUT2D eigenvalue weighted by atomic mass is 35.5. The Morgan fingerprint density at radius 1 is 1.27 bits per heavy atom. The molecule has 0 saturated heterocycles. The lowest BCUT2D eigenvalue weighted by Crippen LogP contribution is -2.39. The fourth-order valence-electron chi connectivity index (χ4n) is 2.69. The van der Waals surface area contributed by atoms with Crippen molar-refractivity contribution in [1.82, 2.24) is 4.90 Å². The van der Waals surface area contributed by atoms with E-state index < -0.39 is 5.97 Å². The number of fused-ring (bicyclic) bond motifs is 1. The molecule has 0 radical (unpaired) electrons. The molecule has 0 atom stereocenters. The molecule has 4 nitrogen and oxygen atoms in total. The fraction of sp³-hybridized carbons (Fsp3) is 0.474. The standard InChI is InChI=1S/C19H25ClN2O2S2/c1-11(2)9-22(10-12(3)4)19(25)21-13-6-7-14-15(8-13)26-17(16(14)20)18(23)24-5/h6-8,11-12H,9-10H2,1-5H3,(H,21,25). The van der Waals surface area contributed by atoms with Crippen LogP contribution in [0.1, 0.15) is 37.4 Å². The van der Waals surface area contributed by atoms with Gasteiger partial charge in [0.2, 0.25) is 0 Å². The summed E-state index contributed by atoms with van der Waals surface area (Å²) in [5.74, 6) is 0.630. The summed E-state index contributed by atoms with van der Waals surface area (Å²) in [6, 6.07) is 5.80. The number of rotatable bonds is 6. The number of methoxy groups -OCH3 is 1. The molecule has 0 fully saturated rings. The van der Waals surface area contributed by atoms with E-state index in [0.29, 0.717) is 26.8 Å². The van der Waals surface area contributed by atoms with Gasteiger partial charge in [0.15, 0.2) is 5.11 Å². The number of thiophene rings is 1. The van der Waals surface area contributed by atoms with Crippen molar-refractivity contribution in [2.45, 2.75) is 27.7 Å². The van der Waals surface area contributed by atoms with Crippen molar-refractivity contribution in [3.05, 3.63) is 28.1 Å². The van der Waals surface area contributed by atoms with Crippen LogP contribution in [0.4, 0.5) is 5.69 Å². The molecule has 1 aromatic carbocycles. The Hall–Kier alpha value is -1.37. The largest absolute Gasteiger partial charge is 0.465 e. The molecule has 0 amide bonds. The van der Waals surface area contributed by atoms with Crippen LogP contribution in [0.3, 0.4) is 0 Å². The van der Waals surface area contributed by atoms with Crippen LogP contribution in [0, 0.1) is 11.8 Å². The van der Waals surface area contributed by atoms with E-state index in [1.165, 1.54) is 18.4 Å². The molecular formula is C19H25ClN2O2S2. The average molecular weight is 413 g/mol. The second kappa shape index (κ2) is 9.02. The fourth-order valence-corrected chi connectivity index (χ4v) is 4.42. The SMILES string of the molecule is COC(=O)c1sc2cc(NC(=S)N(CC(C)C)CC(C)C)ccc2c1Cl. The summed E-state index contributed by atoms with van der Waals surface area (Å²) in [6.45, 7) is 10.6. The minimum absolute atomic E-state index is 0.415. The third-order valence-corrected chi connectivity index (χ3v) is 5.71. The average Bonchev–Trinajstić information content (AvgIpc) is 2.89. The molecule has 1 heterocycles. The number of carbonyl (C=O) groups excluding carboxylic acids is 1. The second-order valence-corrected chi connectivity index (χ2v) is 8.89. The number of nitrogens with one attached hydrogen (secondary N) is 1. The zero-order valence-corrected chi connectivity index (χ0v) is 18.1. The van der Waals surface area contributed by atoms with Crippen molar-refractivity contribution in [2.75, 3.05) is 25.5 Å². The van der Waals surface area contributed by atoms with Gasteiger partial charge in [0.25, 0.3) is 0 Å². The maximum absolute atomic E-state index is 11.8. The Balaban J connectivity index is 2.24. The first kappa shape index (κ1) is 20.9. The Kier molecular flexibility index (Phi) is 7.26. The molecule has 142 valence electrons. The highest BCUT2D eigenvalue weighted by Gasteiger charge is 2.18. The van der Waals surface area contributed by atoms with Gasteiger partial charge in [-0.1, -0.05) is 39.3 Å². The third kappa shape index (κ3) is 5.09. The van der Waals surface area contributed by atoms with E-state index >= 15 is 0 Å². The highest BCUT2D eigenvalue weighted by Crippen LogP contribution is 2.37. The maximum Gasteiger partial charge on any atom is 0.349 e. The van der Waals surface area contributed by atoms with Crippen molar-refractivity contribution in [3.63, 3.8) is 0 Å². The smallest absolute Gasteiger partial charge is 0.349 e. The van der Waals surface area contributed by atoms with Crippen LogP contribution in [-0.2, 0) is 4.74 Å². The number of benzene rings is 1. The van der Waals surface area contributed by atoms with E-state index in [0.717, 1.165) is 28.9 Å². The number of anilines is 1. The third-order valence-electron chi connectivity index (χ3n) is 3.71. The minimum Gasteiger partial charge on any atom is -0.465 e. The lowest BCUT2D eigenvalue weighted by Gasteiger charge is -2.29. The summed E-state index contributed by atoms with van der Waals surface area (Å²) in [6.07, 6.45) is 0. The first-order chi connectivity index (χ1) is 12.2. The number of esters is 1. The Bertz CT molecular complexity index is 792. The number of hydrogen-bond donors (Lipinski definition) is 1. The summed E-state index contributed by atoms with van der Waals surface area (Å²) < 4.78 is 5.71. The number of hydrogen-bond acceptors (Lipinski definition) is 4. The van der Waals surface area contributed by atoms with Crippen molar-refractivity contribution < 1.29 is 9.53 Å². The van der Waals surface area contributed by atoms with Gasteiger partial charge in [-0.05, 0) is 42.3 Å². The van der Waals surface area contributed by atoms with Gasteiger partial charge in [0.1, 0.15) is 4.88 Å². The van der Waals surface area contributed by atoms with Crippen LogP contribution in [-0.4, -0.2) is 36.2 Å². The van der Waals surface area contributed by atoms with Gasteiger partial charge in [-0.25, -0.2) is 4.79 Å². The number of thiocarbonyl (C=S) groups is 1. The van der Waals surface area contributed by atoms with Crippen LogP contribution >= 0.6 is 35.2 Å². The number of carbonyl (C=O) groups is 1. The molecule has 26 heavy (non-hydrogen) atoms. The molecule has 0 aliphatic carbocycles. The summed E-state index contributed by atoms with van der Waals surface area (Å²) >= 11 is 13.3. The zero-order chi connectivity index (χ0) is 19.4. The van der Waals surface area contributed by atoms with Crippen molar-refractivity contribution in [1.29, 1.82) is 0 Å². The number of halogens is 1. The molecular weight excluding hydrogens is 388 g/mol. The van der Waals surface area contributed by atoms with Crippen LogP contribution in [0.5, 0.6) is 0 Å². The van der Waals surface area contributed by atoms with Crippen molar-refractivity contribution in [3.8, 4) is 0 Å². The molecule has 2 rings (SSSR count). The topological polar surface area (TPSA) is 41.6 Å². The summed E-state index contributed by atoms with van der Waals surface area (Å²) in [7, 11) is 1.35. The summed E-state index contributed by atoms with van der Waals surface area (Å²) in [5, 5.41) is 5.31. The summed E-state index contributed by atoms with van der Waals surface area (Å²) in [5.41, 5.74) is 0.884. The molecule has 1 N–H and O–H groups in total. The van der Waals surface area contributed by atoms with E-state index in [4.69, 9.17) is 28.6 Å². The van der Waals surface area contributed by atoms with E-state index in [2.05, 4.69) is 37.9 Å². The lowest BCUT2D eigenvalue weighted by atomic mass is 10.1. The quantitative estimate of drug-likeness (QED) is 0.490. The first-order valence-electron chi connectivity index (χ1n) is 8.59. The predicted octanol–water partition coefficient (Wildman–Crippen LogP) is 5.65. The van der Waals surface area contributed by atoms with Gasteiger partial charge in [0, 0.05) is 28.9 Å². The lowest BCUT2D eigenvalue weighted by molar-refractivity contribution is 0.0606. The van der Waals surface area contributed by atoms with Gasteiger partial charge in [-0.2, -0.15) is 0 Å². The van der Waals surface area contributed by atoms with Gasteiger partial charge < -0.3 is 15.0 Å². The van der Waals surface area contributed by atoms with Gasteiger partial charge in [0.05, 0.1) is 12.1 Å². The molecule has 0 unspecified atom stereocenters. The molecule has 2 aromatic rings. The first-order valence-corrected chi connectivity index (χ1v) is 10.2. The molecule has 0 saturated carbocycles. The van der Waals surface area contributed by atoms with Gasteiger partial charge in [-0.15, -0.1) is 11.3 Å². The van der Waals surface area contributed by atoms with E-state index in [-0.39, 0.29) is 0 Å². The minimum atomic E-state index is -0.415. The van der Waals surface area contributed by atoms with E-state index in [1.807, 2.05) is 18.2 Å². The molecule has 7 heteroatoms. The molecule has 0 spiro atoms. The van der Waals surface area contributed by atoms with Gasteiger partial charge in [-0.3, -0.25) is 0 Å². The Morgan fingerprint density at radius 3 is 2.42 bits per heavy atom. The van der Waals surface area contributed by atoms with E-state index in [9.17, 15) is 4.79 Å². The number of nitrogens with zero attached hydrogens (tertiary/aromatic N) is 1. The molecule has 0 bridgehead atoms. The van der Waals surface area contributed by atoms with Crippen LogP contribution in [0.25, 0.3) is 10.1 Å². The summed E-state index contributed by atoms with van der Waals surface area (Å²) in [4.78, 5) is 14.4. The molecule has 0 aliphatic rings. The second-order valence-electron chi connectivity index (χ2n) is 7.07. The molecule has 1 aromatic heterocycles. The number of ether oxygens (including phenoxy) is 1.